The number of nitrogens with one attached hydrogen (secondary N) is 1. The summed E-state index contributed by atoms with van der Waals surface area (Å²) >= 11 is 0. The molecule has 2 heteroatoms. The van der Waals surface area contributed by atoms with Crippen molar-refractivity contribution in [2.45, 2.75) is 33.6 Å². The molecule has 0 aromatic carbocycles. The minimum absolute atomic E-state index is 0. The van der Waals surface area contributed by atoms with Crippen molar-refractivity contribution in [1.82, 2.24) is 9.97 Å². The van der Waals surface area contributed by atoms with Crippen LogP contribution in [0.5, 0.6) is 0 Å². The number of aromatic amines is 1. The van der Waals surface area contributed by atoms with Crippen LogP contribution in [-0.4, -0.2) is 9.97 Å². The Labute approximate surface area is 86.9 Å². The zero-order valence-electron chi connectivity index (χ0n) is 9.33. The Balaban J connectivity index is 0.000000617. The molecule has 2 aromatic heterocycles. The second-order valence-corrected chi connectivity index (χ2v) is 3.32. The summed E-state index contributed by atoms with van der Waals surface area (Å²) in [5.41, 5.74) is 2.44. The summed E-state index contributed by atoms with van der Waals surface area (Å²) in [5, 5.41) is 1.29. The second kappa shape index (κ2) is 4.80. The fourth-order valence-corrected chi connectivity index (χ4v) is 1.46. The van der Waals surface area contributed by atoms with Gasteiger partial charge in [-0.05, 0) is 17.5 Å². The van der Waals surface area contributed by atoms with Crippen LogP contribution in [0.1, 0.15) is 40.6 Å². The highest BCUT2D eigenvalue weighted by Gasteiger charge is 2.04. The first-order valence-electron chi connectivity index (χ1n) is 5.20. The SMILES string of the molecule is CC.CC(C)c1cncc2[nH]ccc12.[HH]. The highest BCUT2D eigenvalue weighted by Crippen LogP contribution is 2.22. The molecule has 1 N–H and O–H groups in total. The molecule has 0 atom stereocenters. The van der Waals surface area contributed by atoms with E-state index < -0.39 is 0 Å². The van der Waals surface area contributed by atoms with Gasteiger partial charge in [-0.3, -0.25) is 4.98 Å². The van der Waals surface area contributed by atoms with E-state index in [0.717, 1.165) is 5.52 Å². The minimum Gasteiger partial charge on any atom is -0.360 e. The lowest BCUT2D eigenvalue weighted by molar-refractivity contribution is 0.869. The molecular formula is C12H20N2. The Bertz CT molecular complexity index is 393. The summed E-state index contributed by atoms with van der Waals surface area (Å²) < 4.78 is 0. The summed E-state index contributed by atoms with van der Waals surface area (Å²) in [6.45, 7) is 8.37. The van der Waals surface area contributed by atoms with Gasteiger partial charge in [0.2, 0.25) is 0 Å². The summed E-state index contributed by atoms with van der Waals surface area (Å²) in [7, 11) is 0. The van der Waals surface area contributed by atoms with Crippen molar-refractivity contribution in [3.8, 4) is 0 Å². The van der Waals surface area contributed by atoms with Gasteiger partial charge >= 0.3 is 0 Å². The average molecular weight is 192 g/mol. The molecule has 0 unspecified atom stereocenters. The van der Waals surface area contributed by atoms with Gasteiger partial charge in [0.1, 0.15) is 0 Å². The first kappa shape index (κ1) is 10.8. The second-order valence-electron chi connectivity index (χ2n) is 3.32. The van der Waals surface area contributed by atoms with Gasteiger partial charge < -0.3 is 4.98 Å². The maximum atomic E-state index is 4.18. The van der Waals surface area contributed by atoms with Crippen molar-refractivity contribution < 1.29 is 1.43 Å². The van der Waals surface area contributed by atoms with Crippen LogP contribution < -0.4 is 0 Å². The Morgan fingerprint density at radius 2 is 2.00 bits per heavy atom. The van der Waals surface area contributed by atoms with Crippen LogP contribution in [0.4, 0.5) is 0 Å². The number of H-pyrrole nitrogens is 1. The number of hydrogen-bond acceptors (Lipinski definition) is 1. The lowest BCUT2D eigenvalue weighted by Gasteiger charge is -2.04. The largest absolute Gasteiger partial charge is 0.360 e. The molecule has 0 aliphatic rings. The highest BCUT2D eigenvalue weighted by atomic mass is 14.7. The number of pyridine rings is 1. The van der Waals surface area contributed by atoms with Crippen LogP contribution in [0.3, 0.4) is 0 Å². The van der Waals surface area contributed by atoms with E-state index in [4.69, 9.17) is 0 Å². The third-order valence-electron chi connectivity index (χ3n) is 2.13. The summed E-state index contributed by atoms with van der Waals surface area (Å²) in [5.74, 6) is 0.539. The maximum Gasteiger partial charge on any atom is 0.0643 e. The van der Waals surface area contributed by atoms with Gasteiger partial charge in [0.15, 0.2) is 0 Å². The molecule has 0 saturated heterocycles. The van der Waals surface area contributed by atoms with E-state index >= 15 is 0 Å². The van der Waals surface area contributed by atoms with Crippen LogP contribution >= 0.6 is 0 Å². The van der Waals surface area contributed by atoms with Crippen LogP contribution in [0.25, 0.3) is 10.9 Å². The fourth-order valence-electron chi connectivity index (χ4n) is 1.46. The quantitative estimate of drug-likeness (QED) is 0.728. The lowest BCUT2D eigenvalue weighted by atomic mass is 10.0. The summed E-state index contributed by atoms with van der Waals surface area (Å²) in [6.07, 6.45) is 5.76. The zero-order valence-corrected chi connectivity index (χ0v) is 9.33. The first-order valence-corrected chi connectivity index (χ1v) is 5.20. The van der Waals surface area contributed by atoms with Crippen molar-refractivity contribution >= 4 is 10.9 Å². The molecule has 0 fully saturated rings. The van der Waals surface area contributed by atoms with Crippen LogP contribution in [0, 0.1) is 0 Å². The predicted octanol–water partition coefficient (Wildman–Crippen LogP) is 3.96. The number of hydrogen-bond donors (Lipinski definition) is 1. The molecule has 0 radical (unpaired) electrons. The molecule has 14 heavy (non-hydrogen) atoms. The number of fused-ring (bicyclic) bond motifs is 1. The molecule has 0 aliphatic heterocycles. The number of nitrogens with zero attached hydrogens (tertiary/aromatic N) is 1. The molecule has 0 amide bonds. The van der Waals surface area contributed by atoms with Crippen LogP contribution in [0.2, 0.25) is 0 Å². The van der Waals surface area contributed by atoms with E-state index in [1.165, 1.54) is 10.9 Å². The van der Waals surface area contributed by atoms with Crippen molar-refractivity contribution in [3.63, 3.8) is 0 Å². The molecule has 2 rings (SSSR count). The Kier molecular flexibility index (Phi) is 3.69. The summed E-state index contributed by atoms with van der Waals surface area (Å²) in [6, 6.07) is 2.10. The highest BCUT2D eigenvalue weighted by molar-refractivity contribution is 5.82. The van der Waals surface area contributed by atoms with Crippen molar-refractivity contribution in [2.75, 3.05) is 0 Å². The van der Waals surface area contributed by atoms with Gasteiger partial charge in [-0.15, -0.1) is 0 Å². The monoisotopic (exact) mass is 192 g/mol. The van der Waals surface area contributed by atoms with E-state index in [1.807, 2.05) is 32.4 Å². The maximum absolute atomic E-state index is 4.18. The van der Waals surface area contributed by atoms with E-state index in [1.54, 1.807) is 0 Å². The van der Waals surface area contributed by atoms with Crippen LogP contribution in [0.15, 0.2) is 24.7 Å². The van der Waals surface area contributed by atoms with Gasteiger partial charge in [0.25, 0.3) is 0 Å². The molecule has 2 heterocycles. The Morgan fingerprint density at radius 1 is 1.29 bits per heavy atom. The standard InChI is InChI=1S/C10H12N2.C2H6.H2/c1-7(2)9-5-11-6-10-8(9)3-4-12-10;1-2;/h3-7,12H,1-2H3;1-2H3;1H. The molecular weight excluding hydrogens is 172 g/mol. The molecule has 2 nitrogen and oxygen atoms in total. The topological polar surface area (TPSA) is 28.7 Å². The third kappa shape index (κ3) is 1.95. The van der Waals surface area contributed by atoms with Gasteiger partial charge in [-0.1, -0.05) is 27.7 Å². The predicted molar refractivity (Wildman–Crippen MR) is 63.6 cm³/mol. The Morgan fingerprint density at radius 3 is 2.64 bits per heavy atom. The van der Waals surface area contributed by atoms with E-state index in [-0.39, 0.29) is 1.43 Å². The van der Waals surface area contributed by atoms with Crippen molar-refractivity contribution in [2.24, 2.45) is 0 Å². The van der Waals surface area contributed by atoms with E-state index in [0.29, 0.717) is 5.92 Å². The number of rotatable bonds is 1. The molecule has 0 bridgehead atoms. The average Bonchev–Trinajstić information content (AvgIpc) is 2.67. The molecule has 78 valence electrons. The third-order valence-corrected chi connectivity index (χ3v) is 2.13. The van der Waals surface area contributed by atoms with Gasteiger partial charge in [0, 0.05) is 19.2 Å². The zero-order chi connectivity index (χ0) is 10.6. The molecule has 2 aromatic rings. The smallest absolute Gasteiger partial charge is 0.0643 e. The molecule has 0 spiro atoms. The van der Waals surface area contributed by atoms with Crippen molar-refractivity contribution in [3.05, 3.63) is 30.2 Å². The van der Waals surface area contributed by atoms with E-state index in [2.05, 4.69) is 29.9 Å². The fraction of sp³-hybridized carbons (Fsp3) is 0.417. The van der Waals surface area contributed by atoms with Crippen LogP contribution in [-0.2, 0) is 0 Å². The minimum atomic E-state index is 0. The molecule has 0 saturated carbocycles. The van der Waals surface area contributed by atoms with Gasteiger partial charge in [0.05, 0.1) is 11.7 Å². The first-order chi connectivity index (χ1) is 6.79. The normalized spacial score (nSPS) is 10.1. The van der Waals surface area contributed by atoms with Gasteiger partial charge in [-0.25, -0.2) is 0 Å². The lowest BCUT2D eigenvalue weighted by Crippen LogP contribution is -1.88. The van der Waals surface area contributed by atoms with Gasteiger partial charge in [-0.2, -0.15) is 0 Å². The molecule has 0 aliphatic carbocycles. The number of aromatic nitrogens is 2. The van der Waals surface area contributed by atoms with Crippen molar-refractivity contribution in [1.29, 1.82) is 0 Å². The Hall–Kier alpha value is -1.31. The summed E-state index contributed by atoms with van der Waals surface area (Å²) in [4.78, 5) is 7.33. The van der Waals surface area contributed by atoms with E-state index in [9.17, 15) is 0 Å².